The summed E-state index contributed by atoms with van der Waals surface area (Å²) >= 11 is 0. The molecule has 0 atom stereocenters. The van der Waals surface area contributed by atoms with Crippen LogP contribution in [0.2, 0.25) is 0 Å². The van der Waals surface area contributed by atoms with Crippen LogP contribution in [0.15, 0.2) is 42.7 Å². The summed E-state index contributed by atoms with van der Waals surface area (Å²) in [6, 6.07) is 11.6. The van der Waals surface area contributed by atoms with Crippen LogP contribution < -0.4 is 19.5 Å². The highest BCUT2D eigenvalue weighted by Gasteiger charge is 2.20. The fourth-order valence-corrected chi connectivity index (χ4v) is 2.44. The molecule has 0 aliphatic heterocycles. The van der Waals surface area contributed by atoms with Crippen LogP contribution in [0.4, 0.5) is 11.5 Å². The third-order valence-electron chi connectivity index (χ3n) is 3.47. The van der Waals surface area contributed by atoms with Gasteiger partial charge in [0, 0.05) is 11.8 Å². The molecule has 3 rings (SSSR count). The van der Waals surface area contributed by atoms with Crippen LogP contribution in [0.1, 0.15) is 0 Å². The molecule has 1 N–H and O–H groups in total. The zero-order valence-corrected chi connectivity index (χ0v) is 13.2. The molecule has 3 aromatic rings. The average Bonchev–Trinajstić information content (AvgIpc) is 2.61. The number of nitrogens with one attached hydrogen (secondary N) is 1. The number of ether oxygens (including phenoxy) is 3. The highest BCUT2D eigenvalue weighted by molar-refractivity contribution is 5.99. The van der Waals surface area contributed by atoms with E-state index in [0.29, 0.717) is 28.6 Å². The van der Waals surface area contributed by atoms with E-state index >= 15 is 0 Å². The van der Waals surface area contributed by atoms with Crippen molar-refractivity contribution in [1.82, 2.24) is 9.97 Å². The molecular formula is C17H17N3O3. The van der Waals surface area contributed by atoms with Crippen LogP contribution in [0.25, 0.3) is 10.9 Å². The van der Waals surface area contributed by atoms with E-state index in [4.69, 9.17) is 14.2 Å². The number of aromatic nitrogens is 2. The lowest BCUT2D eigenvalue weighted by Crippen LogP contribution is -2.01. The quantitative estimate of drug-likeness (QED) is 0.779. The zero-order valence-electron chi connectivity index (χ0n) is 13.2. The van der Waals surface area contributed by atoms with E-state index in [2.05, 4.69) is 15.3 Å². The van der Waals surface area contributed by atoms with Gasteiger partial charge in [0.1, 0.15) is 12.1 Å². The van der Waals surface area contributed by atoms with E-state index in [0.717, 1.165) is 11.1 Å². The van der Waals surface area contributed by atoms with Crippen LogP contribution in [-0.2, 0) is 0 Å². The van der Waals surface area contributed by atoms with Gasteiger partial charge in [-0.15, -0.1) is 0 Å². The number of fused-ring (bicyclic) bond motifs is 1. The predicted molar refractivity (Wildman–Crippen MR) is 88.9 cm³/mol. The van der Waals surface area contributed by atoms with Crippen molar-refractivity contribution in [3.05, 3.63) is 42.7 Å². The third-order valence-corrected chi connectivity index (χ3v) is 3.47. The van der Waals surface area contributed by atoms with E-state index in [9.17, 15) is 0 Å². The minimum Gasteiger partial charge on any atom is -0.493 e. The first-order valence-electron chi connectivity index (χ1n) is 7.04. The van der Waals surface area contributed by atoms with Crippen molar-refractivity contribution in [3.63, 3.8) is 0 Å². The van der Waals surface area contributed by atoms with Crippen LogP contribution in [0, 0.1) is 0 Å². The van der Waals surface area contributed by atoms with E-state index in [1.54, 1.807) is 27.4 Å². The molecule has 0 radical (unpaired) electrons. The summed E-state index contributed by atoms with van der Waals surface area (Å²) < 4.78 is 16.3. The van der Waals surface area contributed by atoms with Crippen LogP contribution >= 0.6 is 0 Å². The lowest BCUT2D eigenvalue weighted by Gasteiger charge is -2.16. The van der Waals surface area contributed by atoms with Gasteiger partial charge in [-0.25, -0.2) is 9.97 Å². The number of hydrogen-bond donors (Lipinski definition) is 1. The maximum absolute atomic E-state index is 5.55. The fourth-order valence-electron chi connectivity index (χ4n) is 2.44. The summed E-state index contributed by atoms with van der Waals surface area (Å²) in [6.45, 7) is 0. The Bertz CT molecular complexity index is 822. The molecule has 0 aliphatic rings. The predicted octanol–water partition coefficient (Wildman–Crippen LogP) is 3.40. The number of hydrogen-bond acceptors (Lipinski definition) is 6. The molecule has 0 unspecified atom stereocenters. The molecule has 0 aliphatic carbocycles. The van der Waals surface area contributed by atoms with Crippen LogP contribution in [0.5, 0.6) is 17.2 Å². The Morgan fingerprint density at radius 2 is 1.61 bits per heavy atom. The Labute approximate surface area is 134 Å². The van der Waals surface area contributed by atoms with Gasteiger partial charge >= 0.3 is 0 Å². The number of rotatable bonds is 5. The van der Waals surface area contributed by atoms with Gasteiger partial charge in [-0.1, -0.05) is 18.2 Å². The van der Waals surface area contributed by atoms with Gasteiger partial charge in [-0.2, -0.15) is 0 Å². The van der Waals surface area contributed by atoms with Gasteiger partial charge in [0.2, 0.25) is 5.75 Å². The van der Waals surface area contributed by atoms with E-state index in [-0.39, 0.29) is 0 Å². The number of para-hydroxylation sites is 1. The van der Waals surface area contributed by atoms with E-state index < -0.39 is 0 Å². The highest BCUT2D eigenvalue weighted by Crippen LogP contribution is 2.45. The monoisotopic (exact) mass is 311 g/mol. The largest absolute Gasteiger partial charge is 0.493 e. The molecule has 0 saturated heterocycles. The van der Waals surface area contributed by atoms with Gasteiger partial charge in [0.05, 0.1) is 32.2 Å². The molecule has 2 aromatic carbocycles. The van der Waals surface area contributed by atoms with Crippen molar-refractivity contribution < 1.29 is 14.2 Å². The topological polar surface area (TPSA) is 65.5 Å². The number of methoxy groups -OCH3 is 3. The molecule has 0 bridgehead atoms. The maximum Gasteiger partial charge on any atom is 0.204 e. The van der Waals surface area contributed by atoms with E-state index in [1.165, 1.54) is 6.33 Å². The summed E-state index contributed by atoms with van der Waals surface area (Å²) in [4.78, 5) is 8.65. The summed E-state index contributed by atoms with van der Waals surface area (Å²) in [5.41, 5.74) is 1.62. The molecule has 1 heterocycles. The van der Waals surface area contributed by atoms with Gasteiger partial charge < -0.3 is 19.5 Å². The minimum atomic E-state index is 0.508. The van der Waals surface area contributed by atoms with Crippen molar-refractivity contribution in [1.29, 1.82) is 0 Å². The van der Waals surface area contributed by atoms with Gasteiger partial charge in [-0.3, -0.25) is 0 Å². The second-order valence-electron chi connectivity index (χ2n) is 4.75. The molecule has 6 nitrogen and oxygen atoms in total. The van der Waals surface area contributed by atoms with Crippen molar-refractivity contribution in [3.8, 4) is 17.2 Å². The van der Waals surface area contributed by atoms with E-state index in [1.807, 2.05) is 30.3 Å². The number of benzene rings is 2. The van der Waals surface area contributed by atoms with Crippen LogP contribution in [-0.4, -0.2) is 31.3 Å². The van der Waals surface area contributed by atoms with Crippen molar-refractivity contribution in [2.45, 2.75) is 0 Å². The molecule has 0 fully saturated rings. The Morgan fingerprint density at radius 1 is 0.870 bits per heavy atom. The second-order valence-corrected chi connectivity index (χ2v) is 4.75. The van der Waals surface area contributed by atoms with Gasteiger partial charge in [0.25, 0.3) is 0 Å². The lowest BCUT2D eigenvalue weighted by molar-refractivity contribution is 0.327. The fraction of sp³-hybridized carbons (Fsp3) is 0.176. The Hall–Kier alpha value is -3.02. The second kappa shape index (κ2) is 6.39. The lowest BCUT2D eigenvalue weighted by atomic mass is 10.1. The Balaban J connectivity index is 2.23. The third kappa shape index (κ3) is 2.70. The average molecular weight is 311 g/mol. The minimum absolute atomic E-state index is 0.508. The van der Waals surface area contributed by atoms with Gasteiger partial charge in [0.15, 0.2) is 11.5 Å². The molecule has 0 amide bonds. The molecule has 118 valence electrons. The van der Waals surface area contributed by atoms with Crippen LogP contribution in [0.3, 0.4) is 0 Å². The smallest absolute Gasteiger partial charge is 0.204 e. The molecule has 23 heavy (non-hydrogen) atoms. The summed E-state index contributed by atoms with van der Waals surface area (Å²) in [5.74, 6) is 2.23. The van der Waals surface area contributed by atoms with Gasteiger partial charge in [-0.05, 0) is 12.1 Å². The summed E-state index contributed by atoms with van der Waals surface area (Å²) in [5, 5.41) is 4.02. The molecular weight excluding hydrogens is 294 g/mol. The molecule has 6 heteroatoms. The molecule has 1 aromatic heterocycles. The number of nitrogens with zero attached hydrogens (tertiary/aromatic N) is 2. The first kappa shape index (κ1) is 14.9. The summed E-state index contributed by atoms with van der Waals surface area (Å²) in [6.07, 6.45) is 1.50. The van der Waals surface area contributed by atoms with Crippen molar-refractivity contribution in [2.75, 3.05) is 26.6 Å². The number of anilines is 2. The molecule has 0 spiro atoms. The standard InChI is InChI=1S/C17H17N3O3/c1-21-13-9-12-14(16(23-3)15(13)22-2)17(19-10-18-12)20-11-7-5-4-6-8-11/h4-10H,1-3H3,(H,18,19,20). The summed E-state index contributed by atoms with van der Waals surface area (Å²) in [7, 11) is 4.73. The van der Waals surface area contributed by atoms with Crippen molar-refractivity contribution >= 4 is 22.4 Å². The SMILES string of the molecule is COc1cc2ncnc(Nc3ccccc3)c2c(OC)c1OC. The first-order valence-corrected chi connectivity index (χ1v) is 7.04. The van der Waals surface area contributed by atoms with Crippen molar-refractivity contribution in [2.24, 2.45) is 0 Å². The first-order chi connectivity index (χ1) is 11.3. The normalized spacial score (nSPS) is 10.4. The molecule has 0 saturated carbocycles. The zero-order chi connectivity index (χ0) is 16.2. The highest BCUT2D eigenvalue weighted by atomic mass is 16.5. The maximum atomic E-state index is 5.55. The Kier molecular flexibility index (Phi) is 4.14. The Morgan fingerprint density at radius 3 is 2.26 bits per heavy atom.